The zero-order valence-corrected chi connectivity index (χ0v) is 10.3. The van der Waals surface area contributed by atoms with Crippen molar-refractivity contribution >= 4 is 0 Å². The molecule has 2 heterocycles. The summed E-state index contributed by atoms with van der Waals surface area (Å²) in [6, 6.07) is 1.13. The van der Waals surface area contributed by atoms with Crippen LogP contribution in [0.4, 0.5) is 0 Å². The summed E-state index contributed by atoms with van der Waals surface area (Å²) in [5.41, 5.74) is -1.28. The number of nitrogens with zero attached hydrogens (tertiary/aromatic N) is 1. The Hall–Kier alpha value is -1.48. The van der Waals surface area contributed by atoms with Gasteiger partial charge in [-0.25, -0.2) is 4.79 Å². The maximum Gasteiger partial charge on any atom is 0.330 e. The molecule has 0 bridgehead atoms. The third kappa shape index (κ3) is 2.47. The van der Waals surface area contributed by atoms with Gasteiger partial charge in [0.1, 0.15) is 6.10 Å². The first-order valence-corrected chi connectivity index (χ1v) is 5.89. The summed E-state index contributed by atoms with van der Waals surface area (Å²) in [5, 5.41) is 28.9. The van der Waals surface area contributed by atoms with E-state index in [2.05, 4.69) is 0 Å². The van der Waals surface area contributed by atoms with Crippen molar-refractivity contribution in [2.24, 2.45) is 5.92 Å². The van der Waals surface area contributed by atoms with Gasteiger partial charge < -0.3 is 20.1 Å². The molecule has 1 aliphatic heterocycles. The molecular formula is C11H16N2O6. The molecule has 106 valence electrons. The first kappa shape index (κ1) is 13.9. The quantitative estimate of drug-likeness (QED) is 0.494. The van der Waals surface area contributed by atoms with Gasteiger partial charge in [-0.3, -0.25) is 14.3 Å². The van der Waals surface area contributed by atoms with Gasteiger partial charge in [-0.05, 0) is 6.92 Å². The van der Waals surface area contributed by atoms with E-state index in [0.717, 1.165) is 10.6 Å². The highest BCUT2D eigenvalue weighted by molar-refractivity contribution is 4.94. The predicted molar refractivity (Wildman–Crippen MR) is 63.5 cm³/mol. The van der Waals surface area contributed by atoms with Crippen LogP contribution in [0.15, 0.2) is 21.9 Å². The molecule has 0 radical (unpaired) electrons. The summed E-state index contributed by atoms with van der Waals surface area (Å²) in [6.45, 7) is 1.08. The van der Waals surface area contributed by atoms with Crippen LogP contribution in [0.5, 0.6) is 0 Å². The number of aromatic amines is 1. The zero-order valence-electron chi connectivity index (χ0n) is 10.3. The number of hydrogen-bond acceptors (Lipinski definition) is 6. The van der Waals surface area contributed by atoms with Crippen molar-refractivity contribution in [1.29, 1.82) is 0 Å². The number of nitrogens with one attached hydrogen (secondary N) is 1. The molecule has 1 aromatic heterocycles. The minimum atomic E-state index is -1.17. The largest absolute Gasteiger partial charge is 0.394 e. The molecule has 2 rings (SSSR count). The zero-order chi connectivity index (χ0) is 14.2. The highest BCUT2D eigenvalue weighted by Crippen LogP contribution is 2.34. The fourth-order valence-corrected chi connectivity index (χ4v) is 2.38. The molecule has 0 aliphatic carbocycles. The van der Waals surface area contributed by atoms with Crippen molar-refractivity contribution in [2.45, 2.75) is 31.5 Å². The predicted octanol–water partition coefficient (Wildman–Crippen LogP) is -2.22. The Bertz CT molecular complexity index is 551. The third-order valence-corrected chi connectivity index (χ3v) is 3.29. The van der Waals surface area contributed by atoms with Crippen LogP contribution in [-0.4, -0.2) is 49.8 Å². The molecule has 5 atom stereocenters. The van der Waals surface area contributed by atoms with E-state index in [-0.39, 0.29) is 6.61 Å². The van der Waals surface area contributed by atoms with Gasteiger partial charge in [0, 0.05) is 18.2 Å². The molecule has 1 aromatic rings. The van der Waals surface area contributed by atoms with Crippen LogP contribution in [0.1, 0.15) is 13.2 Å². The summed E-state index contributed by atoms with van der Waals surface area (Å²) in [6.07, 6.45) is -2.70. The smallest absolute Gasteiger partial charge is 0.330 e. The molecule has 1 fully saturated rings. The van der Waals surface area contributed by atoms with E-state index in [0.29, 0.717) is 0 Å². The van der Waals surface area contributed by atoms with Gasteiger partial charge in [0.15, 0.2) is 6.23 Å². The van der Waals surface area contributed by atoms with E-state index >= 15 is 0 Å². The maximum absolute atomic E-state index is 11.6. The van der Waals surface area contributed by atoms with Crippen molar-refractivity contribution in [2.75, 3.05) is 6.61 Å². The Morgan fingerprint density at radius 3 is 2.68 bits per heavy atom. The second-order valence-corrected chi connectivity index (χ2v) is 4.57. The summed E-state index contributed by atoms with van der Waals surface area (Å²) in [5.74, 6) is -0.714. The Kier molecular flexibility index (Phi) is 3.85. The first-order chi connectivity index (χ1) is 8.95. The van der Waals surface area contributed by atoms with Crippen LogP contribution in [0.2, 0.25) is 0 Å². The highest BCUT2D eigenvalue weighted by atomic mass is 16.5. The van der Waals surface area contributed by atoms with Gasteiger partial charge in [-0.15, -0.1) is 0 Å². The van der Waals surface area contributed by atoms with Gasteiger partial charge >= 0.3 is 5.69 Å². The topological polar surface area (TPSA) is 125 Å². The molecule has 8 heteroatoms. The number of aromatic nitrogens is 2. The normalized spacial score (nSPS) is 32.4. The monoisotopic (exact) mass is 272 g/mol. The van der Waals surface area contributed by atoms with Crippen LogP contribution in [0.3, 0.4) is 0 Å². The van der Waals surface area contributed by atoms with E-state index in [1.807, 2.05) is 4.98 Å². The van der Waals surface area contributed by atoms with E-state index in [9.17, 15) is 24.9 Å². The van der Waals surface area contributed by atoms with Gasteiger partial charge in [0.05, 0.1) is 18.8 Å². The highest BCUT2D eigenvalue weighted by Gasteiger charge is 2.46. The molecule has 1 unspecified atom stereocenters. The lowest BCUT2D eigenvalue weighted by atomic mass is 9.93. The molecule has 0 saturated carbocycles. The third-order valence-electron chi connectivity index (χ3n) is 3.29. The van der Waals surface area contributed by atoms with Crippen molar-refractivity contribution in [3.8, 4) is 0 Å². The molecule has 0 spiro atoms. The van der Waals surface area contributed by atoms with E-state index < -0.39 is 41.7 Å². The Morgan fingerprint density at radius 1 is 1.53 bits per heavy atom. The van der Waals surface area contributed by atoms with Crippen LogP contribution in [0, 0.1) is 5.92 Å². The lowest BCUT2D eigenvalue weighted by Gasteiger charge is -2.21. The number of aliphatic hydroxyl groups excluding tert-OH is 3. The van der Waals surface area contributed by atoms with Crippen molar-refractivity contribution in [3.63, 3.8) is 0 Å². The van der Waals surface area contributed by atoms with Gasteiger partial charge in [0.25, 0.3) is 5.56 Å². The Labute approximate surface area is 107 Å². The number of hydrogen-bond donors (Lipinski definition) is 4. The van der Waals surface area contributed by atoms with Crippen LogP contribution < -0.4 is 11.2 Å². The first-order valence-electron chi connectivity index (χ1n) is 5.89. The standard InChI is InChI=1S/C11H16N2O6/c1-5(15)8-6(4-14)19-10(9(8)17)13-3-2-7(16)12-11(13)18/h2-3,5-6,8-10,14-15,17H,4H2,1H3,(H,12,16,18)/t5-,6+,8?,9+,10+/m0/s1. The van der Waals surface area contributed by atoms with E-state index in [4.69, 9.17) is 4.74 Å². The molecule has 4 N–H and O–H groups in total. The molecule has 19 heavy (non-hydrogen) atoms. The average Bonchev–Trinajstić information content (AvgIpc) is 2.66. The van der Waals surface area contributed by atoms with Gasteiger partial charge in [-0.1, -0.05) is 0 Å². The molecule has 8 nitrogen and oxygen atoms in total. The second kappa shape index (κ2) is 5.25. The number of rotatable bonds is 3. The van der Waals surface area contributed by atoms with Crippen LogP contribution >= 0.6 is 0 Å². The molecule has 0 amide bonds. The minimum absolute atomic E-state index is 0.388. The average molecular weight is 272 g/mol. The molecular weight excluding hydrogens is 256 g/mol. The van der Waals surface area contributed by atoms with Crippen LogP contribution in [-0.2, 0) is 4.74 Å². The summed E-state index contributed by atoms with van der Waals surface area (Å²) < 4.78 is 6.41. The summed E-state index contributed by atoms with van der Waals surface area (Å²) in [4.78, 5) is 24.7. The maximum atomic E-state index is 11.6. The molecule has 0 aromatic carbocycles. The fourth-order valence-electron chi connectivity index (χ4n) is 2.38. The fraction of sp³-hybridized carbons (Fsp3) is 0.636. The number of aliphatic hydroxyl groups is 3. The SMILES string of the molecule is C[C@H](O)C1[C@@H](O)[C@H](n2ccc(=O)[nH]c2=O)O[C@@H]1CO. The van der Waals surface area contributed by atoms with E-state index in [1.165, 1.54) is 13.1 Å². The lowest BCUT2D eigenvalue weighted by Crippen LogP contribution is -2.38. The van der Waals surface area contributed by atoms with Gasteiger partial charge in [0.2, 0.25) is 0 Å². The molecule has 1 saturated heterocycles. The van der Waals surface area contributed by atoms with Crippen molar-refractivity contribution < 1.29 is 20.1 Å². The Morgan fingerprint density at radius 2 is 2.21 bits per heavy atom. The van der Waals surface area contributed by atoms with Gasteiger partial charge in [-0.2, -0.15) is 0 Å². The second-order valence-electron chi connectivity index (χ2n) is 4.57. The number of ether oxygens (including phenoxy) is 1. The minimum Gasteiger partial charge on any atom is -0.394 e. The lowest BCUT2D eigenvalue weighted by molar-refractivity contribution is -0.0546. The van der Waals surface area contributed by atoms with Crippen LogP contribution in [0.25, 0.3) is 0 Å². The Balaban J connectivity index is 2.36. The number of H-pyrrole nitrogens is 1. The van der Waals surface area contributed by atoms with Crippen molar-refractivity contribution in [1.82, 2.24) is 9.55 Å². The summed E-state index contributed by atoms with van der Waals surface area (Å²) >= 11 is 0. The molecule has 1 aliphatic rings. The van der Waals surface area contributed by atoms with Crippen molar-refractivity contribution in [3.05, 3.63) is 33.1 Å². The van der Waals surface area contributed by atoms with E-state index in [1.54, 1.807) is 0 Å². The summed E-state index contributed by atoms with van der Waals surface area (Å²) in [7, 11) is 0.